The van der Waals surface area contributed by atoms with E-state index in [1.807, 2.05) is 13.8 Å². The van der Waals surface area contributed by atoms with E-state index in [0.29, 0.717) is 6.54 Å². The molecule has 21 heavy (non-hydrogen) atoms. The summed E-state index contributed by atoms with van der Waals surface area (Å²) in [6.45, 7) is 12.4. The molecule has 2 atom stereocenters. The lowest BCUT2D eigenvalue weighted by Crippen LogP contribution is -2.65. The number of nitrogens with one attached hydrogen (secondary N) is 1. The number of morpholine rings is 1. The van der Waals surface area contributed by atoms with Gasteiger partial charge in [0, 0.05) is 25.7 Å². The second kappa shape index (κ2) is 5.86. The van der Waals surface area contributed by atoms with Crippen LogP contribution in [0.5, 0.6) is 0 Å². The van der Waals surface area contributed by atoms with Crippen molar-refractivity contribution in [3.8, 4) is 0 Å². The van der Waals surface area contributed by atoms with Crippen LogP contribution in [-0.2, 0) is 9.53 Å². The average Bonchev–Trinajstić information content (AvgIpc) is 3.07. The molecule has 1 saturated heterocycles. The van der Waals surface area contributed by atoms with Crippen molar-refractivity contribution in [1.82, 2.24) is 10.2 Å². The molecule has 5 nitrogen and oxygen atoms in total. The van der Waals surface area contributed by atoms with Crippen LogP contribution in [0.25, 0.3) is 0 Å². The molecule has 1 aliphatic carbocycles. The maximum atomic E-state index is 12.0. The predicted molar refractivity (Wildman–Crippen MR) is 82.4 cm³/mol. The lowest BCUT2D eigenvalue weighted by molar-refractivity contribution is -0.155. The zero-order valence-electron chi connectivity index (χ0n) is 14.0. The van der Waals surface area contributed by atoms with E-state index in [0.717, 1.165) is 25.9 Å². The molecule has 0 aromatic carbocycles. The summed E-state index contributed by atoms with van der Waals surface area (Å²) in [5.41, 5.74) is -1.04. The van der Waals surface area contributed by atoms with Crippen molar-refractivity contribution in [2.24, 2.45) is 5.92 Å². The van der Waals surface area contributed by atoms with Crippen LogP contribution < -0.4 is 5.32 Å². The molecule has 2 aliphatic rings. The summed E-state index contributed by atoms with van der Waals surface area (Å²) in [5, 5.41) is 13.3. The van der Waals surface area contributed by atoms with Crippen LogP contribution in [0.4, 0.5) is 0 Å². The zero-order chi connectivity index (χ0) is 15.8. The van der Waals surface area contributed by atoms with E-state index in [2.05, 4.69) is 31.0 Å². The summed E-state index contributed by atoms with van der Waals surface area (Å²) in [6, 6.07) is 0.160. The van der Waals surface area contributed by atoms with Gasteiger partial charge in [-0.1, -0.05) is 0 Å². The summed E-state index contributed by atoms with van der Waals surface area (Å²) in [6.07, 6.45) is 2.16. The fourth-order valence-corrected chi connectivity index (χ4v) is 3.75. The molecule has 0 aromatic heterocycles. The Bertz CT molecular complexity index is 393. The van der Waals surface area contributed by atoms with Crippen LogP contribution in [0.1, 0.15) is 47.5 Å². The number of carboxylic acids is 1. The van der Waals surface area contributed by atoms with Crippen LogP contribution in [0.15, 0.2) is 0 Å². The minimum absolute atomic E-state index is 0.137. The first-order valence-electron chi connectivity index (χ1n) is 8.06. The van der Waals surface area contributed by atoms with Crippen molar-refractivity contribution in [2.75, 3.05) is 19.6 Å². The van der Waals surface area contributed by atoms with Crippen molar-refractivity contribution >= 4 is 5.97 Å². The van der Waals surface area contributed by atoms with Crippen LogP contribution in [0.3, 0.4) is 0 Å². The van der Waals surface area contributed by atoms with E-state index in [1.165, 1.54) is 0 Å². The first kappa shape index (κ1) is 16.7. The topological polar surface area (TPSA) is 61.8 Å². The Balaban J connectivity index is 2.16. The fourth-order valence-electron chi connectivity index (χ4n) is 3.75. The number of nitrogens with zero attached hydrogens (tertiary/aromatic N) is 1. The summed E-state index contributed by atoms with van der Waals surface area (Å²) in [7, 11) is 0. The highest BCUT2D eigenvalue weighted by atomic mass is 16.5. The molecule has 0 spiro atoms. The third-order valence-electron chi connectivity index (χ3n) is 4.32. The number of carboxylic acid groups (broad SMARTS) is 1. The number of rotatable bonds is 6. The summed E-state index contributed by atoms with van der Waals surface area (Å²) >= 11 is 0. The zero-order valence-corrected chi connectivity index (χ0v) is 14.0. The van der Waals surface area contributed by atoms with Gasteiger partial charge < -0.3 is 9.84 Å². The highest BCUT2D eigenvalue weighted by Crippen LogP contribution is 2.41. The van der Waals surface area contributed by atoms with E-state index in [9.17, 15) is 9.90 Å². The highest BCUT2D eigenvalue weighted by Gasteiger charge is 2.53. The van der Waals surface area contributed by atoms with Crippen molar-refractivity contribution in [3.05, 3.63) is 0 Å². The van der Waals surface area contributed by atoms with Crippen molar-refractivity contribution in [2.45, 2.75) is 70.7 Å². The van der Waals surface area contributed by atoms with Crippen molar-refractivity contribution in [1.29, 1.82) is 0 Å². The van der Waals surface area contributed by atoms with Gasteiger partial charge in [-0.3, -0.25) is 15.0 Å². The Hall–Kier alpha value is -0.650. The molecule has 122 valence electrons. The van der Waals surface area contributed by atoms with Crippen LogP contribution >= 0.6 is 0 Å². The van der Waals surface area contributed by atoms with Gasteiger partial charge in [0.05, 0.1) is 11.7 Å². The Kier molecular flexibility index (Phi) is 4.66. The lowest BCUT2D eigenvalue weighted by atomic mass is 9.90. The molecule has 2 unspecified atom stereocenters. The van der Waals surface area contributed by atoms with Gasteiger partial charge in [-0.2, -0.15) is 0 Å². The third kappa shape index (κ3) is 3.96. The third-order valence-corrected chi connectivity index (χ3v) is 4.32. The summed E-state index contributed by atoms with van der Waals surface area (Å²) < 4.78 is 5.93. The first-order chi connectivity index (χ1) is 9.64. The molecule has 0 aromatic rings. The molecular weight excluding hydrogens is 268 g/mol. The maximum Gasteiger partial charge on any atom is 0.325 e. The summed E-state index contributed by atoms with van der Waals surface area (Å²) in [4.78, 5) is 14.3. The van der Waals surface area contributed by atoms with Crippen LogP contribution in [0.2, 0.25) is 0 Å². The molecular formula is C16H30N2O3. The standard InChI is InChI=1S/C16H30N2O3/c1-11(2)17-16(14(19)20,13-6-7-13)10-18-8-12(3)21-15(4,5)9-18/h11-13,17H,6-10H2,1-5H3,(H,19,20). The second-order valence-corrected chi connectivity index (χ2v) is 7.71. The molecule has 2 rings (SSSR count). The van der Waals surface area contributed by atoms with Crippen LogP contribution in [-0.4, -0.2) is 58.9 Å². The van der Waals surface area contributed by atoms with E-state index in [4.69, 9.17) is 4.74 Å². The SMILES string of the molecule is CC(C)NC(CN1CC(C)OC(C)(C)C1)(C(=O)O)C1CC1. The van der Waals surface area contributed by atoms with Crippen molar-refractivity contribution < 1.29 is 14.6 Å². The van der Waals surface area contributed by atoms with Gasteiger partial charge >= 0.3 is 5.97 Å². The van der Waals surface area contributed by atoms with Gasteiger partial charge in [-0.05, 0) is 53.4 Å². The second-order valence-electron chi connectivity index (χ2n) is 7.71. The molecule has 1 heterocycles. The molecule has 0 bridgehead atoms. The largest absolute Gasteiger partial charge is 0.480 e. The number of aliphatic carboxylic acids is 1. The normalized spacial score (nSPS) is 29.3. The Labute approximate surface area is 128 Å². The minimum Gasteiger partial charge on any atom is -0.480 e. The number of hydrogen-bond acceptors (Lipinski definition) is 4. The molecule has 1 aliphatic heterocycles. The van der Waals surface area contributed by atoms with Gasteiger partial charge in [0.25, 0.3) is 0 Å². The Morgan fingerprint density at radius 1 is 1.48 bits per heavy atom. The molecule has 0 amide bonds. The Morgan fingerprint density at radius 2 is 2.10 bits per heavy atom. The smallest absolute Gasteiger partial charge is 0.325 e. The number of hydrogen-bond donors (Lipinski definition) is 2. The quantitative estimate of drug-likeness (QED) is 0.782. The molecule has 2 N–H and O–H groups in total. The number of ether oxygens (including phenoxy) is 1. The highest BCUT2D eigenvalue weighted by molar-refractivity contribution is 5.80. The average molecular weight is 298 g/mol. The Morgan fingerprint density at radius 3 is 2.52 bits per heavy atom. The van der Waals surface area contributed by atoms with Crippen molar-refractivity contribution in [3.63, 3.8) is 0 Å². The first-order valence-corrected chi connectivity index (χ1v) is 8.06. The van der Waals surface area contributed by atoms with Gasteiger partial charge in [-0.15, -0.1) is 0 Å². The van der Waals surface area contributed by atoms with Gasteiger partial charge in [0.1, 0.15) is 5.54 Å². The maximum absolute atomic E-state index is 12.0. The van der Waals surface area contributed by atoms with Gasteiger partial charge in [0.2, 0.25) is 0 Å². The van der Waals surface area contributed by atoms with Crippen LogP contribution in [0, 0.1) is 5.92 Å². The van der Waals surface area contributed by atoms with Gasteiger partial charge in [0.15, 0.2) is 0 Å². The monoisotopic (exact) mass is 298 g/mol. The van der Waals surface area contributed by atoms with E-state index in [-0.39, 0.29) is 23.7 Å². The van der Waals surface area contributed by atoms with E-state index >= 15 is 0 Å². The summed E-state index contributed by atoms with van der Waals surface area (Å²) in [5.74, 6) is -0.464. The van der Waals surface area contributed by atoms with E-state index < -0.39 is 11.5 Å². The fraction of sp³-hybridized carbons (Fsp3) is 0.938. The van der Waals surface area contributed by atoms with E-state index in [1.54, 1.807) is 0 Å². The van der Waals surface area contributed by atoms with Gasteiger partial charge in [-0.25, -0.2) is 0 Å². The molecule has 2 fully saturated rings. The predicted octanol–water partition coefficient (Wildman–Crippen LogP) is 1.72. The minimum atomic E-state index is -0.818. The lowest BCUT2D eigenvalue weighted by Gasteiger charge is -2.45. The molecule has 1 saturated carbocycles. The molecule has 5 heteroatoms. The number of carbonyl (C=O) groups is 1. The molecule has 0 radical (unpaired) electrons.